The molecule has 1 aromatic carbocycles. The molecule has 25 heavy (non-hydrogen) atoms. The zero-order valence-corrected chi connectivity index (χ0v) is 17.1. The van der Waals surface area contributed by atoms with Crippen LogP contribution in [0.3, 0.4) is 0 Å². The maximum Gasteiger partial charge on any atom is 0.411 e. The van der Waals surface area contributed by atoms with Gasteiger partial charge in [0.2, 0.25) is 0 Å². The highest BCUT2D eigenvalue weighted by Crippen LogP contribution is 2.14. The number of alkyl halides is 3. The van der Waals surface area contributed by atoms with Gasteiger partial charge in [-0.15, -0.1) is 24.0 Å². The van der Waals surface area contributed by atoms with Crippen molar-refractivity contribution in [1.82, 2.24) is 10.6 Å². The molecule has 1 aromatic rings. The van der Waals surface area contributed by atoms with Gasteiger partial charge < -0.3 is 15.4 Å². The molecule has 0 amide bonds. The fourth-order valence-corrected chi connectivity index (χ4v) is 2.12. The van der Waals surface area contributed by atoms with Gasteiger partial charge in [-0.2, -0.15) is 13.2 Å². The van der Waals surface area contributed by atoms with Crippen LogP contribution in [0.2, 0.25) is 5.02 Å². The van der Waals surface area contributed by atoms with E-state index in [0.717, 1.165) is 12.0 Å². The van der Waals surface area contributed by atoms with Crippen LogP contribution in [0.1, 0.15) is 18.9 Å². The fraction of sp³-hybridized carbons (Fsp3) is 0.562. The second-order valence-corrected chi connectivity index (χ2v) is 5.53. The first-order chi connectivity index (χ1) is 11.4. The van der Waals surface area contributed by atoms with Gasteiger partial charge in [0, 0.05) is 31.3 Å². The van der Waals surface area contributed by atoms with E-state index in [2.05, 4.69) is 20.4 Å². The summed E-state index contributed by atoms with van der Waals surface area (Å²) in [5, 5.41) is 6.97. The minimum Gasteiger partial charge on any atom is -0.372 e. The van der Waals surface area contributed by atoms with E-state index in [9.17, 15) is 13.2 Å². The molecule has 0 radical (unpaired) electrons. The third kappa shape index (κ3) is 13.2. The monoisotopic (exact) mass is 493 g/mol. The maximum absolute atomic E-state index is 11.9. The summed E-state index contributed by atoms with van der Waals surface area (Å²) in [6.45, 7) is 2.54. The molecule has 0 aromatic heterocycles. The van der Waals surface area contributed by atoms with Gasteiger partial charge in [-0.05, 0) is 37.5 Å². The Kier molecular flexibility index (Phi) is 13.1. The highest BCUT2D eigenvalue weighted by molar-refractivity contribution is 14.0. The predicted molar refractivity (Wildman–Crippen MR) is 106 cm³/mol. The number of nitrogens with zero attached hydrogens (tertiary/aromatic N) is 1. The van der Waals surface area contributed by atoms with E-state index < -0.39 is 12.8 Å². The van der Waals surface area contributed by atoms with E-state index in [1.807, 2.05) is 31.2 Å². The number of hydrogen-bond acceptors (Lipinski definition) is 2. The third-order valence-electron chi connectivity index (χ3n) is 2.92. The normalized spacial score (nSPS) is 11.8. The summed E-state index contributed by atoms with van der Waals surface area (Å²) >= 11 is 5.94. The summed E-state index contributed by atoms with van der Waals surface area (Å²) in [4.78, 5) is 4.30. The lowest BCUT2D eigenvalue weighted by Crippen LogP contribution is -2.38. The molecule has 0 atom stereocenters. The Morgan fingerprint density at radius 3 is 2.68 bits per heavy atom. The molecule has 0 fully saturated rings. The van der Waals surface area contributed by atoms with Crippen molar-refractivity contribution in [1.29, 1.82) is 0 Å². The highest BCUT2D eigenvalue weighted by atomic mass is 127. The minimum absolute atomic E-state index is 0. The van der Waals surface area contributed by atoms with Gasteiger partial charge >= 0.3 is 6.18 Å². The molecular weight excluding hydrogens is 470 g/mol. The van der Waals surface area contributed by atoms with Crippen molar-refractivity contribution in [2.24, 2.45) is 4.99 Å². The summed E-state index contributed by atoms with van der Waals surface area (Å²) in [7, 11) is 0. The molecule has 4 nitrogen and oxygen atoms in total. The SMILES string of the molecule is CCNC(=NCCCOCC(F)(F)F)NCCc1cccc(Cl)c1.I. The van der Waals surface area contributed by atoms with E-state index in [1.165, 1.54) is 0 Å². The summed E-state index contributed by atoms with van der Waals surface area (Å²) in [6, 6.07) is 7.63. The number of guanidine groups is 1. The van der Waals surface area contributed by atoms with Crippen LogP contribution in [0.4, 0.5) is 13.2 Å². The van der Waals surface area contributed by atoms with Crippen molar-refractivity contribution in [2.45, 2.75) is 25.9 Å². The molecule has 0 heterocycles. The van der Waals surface area contributed by atoms with Gasteiger partial charge in [0.15, 0.2) is 5.96 Å². The Bertz CT molecular complexity index is 516. The average molecular weight is 494 g/mol. The zero-order valence-electron chi connectivity index (χ0n) is 14.0. The average Bonchev–Trinajstić information content (AvgIpc) is 2.49. The Morgan fingerprint density at radius 2 is 2.04 bits per heavy atom. The van der Waals surface area contributed by atoms with Gasteiger partial charge in [-0.1, -0.05) is 23.7 Å². The predicted octanol–water partition coefficient (Wildman–Crippen LogP) is 4.02. The topological polar surface area (TPSA) is 45.7 Å². The number of halogens is 5. The molecule has 0 spiro atoms. The summed E-state index contributed by atoms with van der Waals surface area (Å²) in [5.74, 6) is 0.635. The molecule has 0 aliphatic rings. The van der Waals surface area contributed by atoms with Crippen LogP contribution in [0, 0.1) is 0 Å². The van der Waals surface area contributed by atoms with Crippen molar-refractivity contribution in [3.8, 4) is 0 Å². The van der Waals surface area contributed by atoms with Gasteiger partial charge in [-0.3, -0.25) is 4.99 Å². The van der Waals surface area contributed by atoms with E-state index >= 15 is 0 Å². The zero-order chi connectivity index (χ0) is 17.8. The van der Waals surface area contributed by atoms with E-state index in [1.54, 1.807) is 0 Å². The number of hydrogen-bond donors (Lipinski definition) is 2. The summed E-state index contributed by atoms with van der Waals surface area (Å²) in [6.07, 6.45) is -3.05. The van der Waals surface area contributed by atoms with Gasteiger partial charge in [0.1, 0.15) is 6.61 Å². The molecule has 0 unspecified atom stereocenters. The smallest absolute Gasteiger partial charge is 0.372 e. The van der Waals surface area contributed by atoms with Gasteiger partial charge in [-0.25, -0.2) is 0 Å². The molecule has 0 aliphatic heterocycles. The molecule has 9 heteroatoms. The second-order valence-electron chi connectivity index (χ2n) is 5.09. The van der Waals surface area contributed by atoms with Crippen LogP contribution in [-0.4, -0.2) is 45.0 Å². The third-order valence-corrected chi connectivity index (χ3v) is 3.16. The molecule has 0 aliphatic carbocycles. The number of rotatable bonds is 9. The van der Waals surface area contributed by atoms with Crippen molar-refractivity contribution < 1.29 is 17.9 Å². The Balaban J connectivity index is 0.00000576. The van der Waals surface area contributed by atoms with Crippen LogP contribution >= 0.6 is 35.6 Å². The molecule has 0 bridgehead atoms. The number of ether oxygens (including phenoxy) is 1. The molecule has 1 rings (SSSR count). The van der Waals surface area contributed by atoms with Crippen LogP contribution in [0.5, 0.6) is 0 Å². The molecule has 2 N–H and O–H groups in total. The number of benzene rings is 1. The van der Waals surface area contributed by atoms with Crippen molar-refractivity contribution in [2.75, 3.05) is 32.8 Å². The number of aliphatic imine (C=N–C) groups is 1. The van der Waals surface area contributed by atoms with Crippen LogP contribution in [0.25, 0.3) is 0 Å². The standard InChI is InChI=1S/C16H23ClF3N3O.HI/c1-2-21-15(22-8-4-10-24-12-16(18,19)20)23-9-7-13-5-3-6-14(17)11-13;/h3,5-6,11H,2,4,7-10,12H2,1H3,(H2,21,22,23);1H. The van der Waals surface area contributed by atoms with Gasteiger partial charge in [0.05, 0.1) is 0 Å². The lowest BCUT2D eigenvalue weighted by Gasteiger charge is -2.11. The highest BCUT2D eigenvalue weighted by Gasteiger charge is 2.27. The van der Waals surface area contributed by atoms with E-state index in [0.29, 0.717) is 37.0 Å². The molecule has 0 saturated carbocycles. The van der Waals surface area contributed by atoms with Crippen LogP contribution in [0.15, 0.2) is 29.3 Å². The van der Waals surface area contributed by atoms with Crippen molar-refractivity contribution in [3.05, 3.63) is 34.9 Å². The largest absolute Gasteiger partial charge is 0.411 e. The first-order valence-electron chi connectivity index (χ1n) is 7.82. The van der Waals surface area contributed by atoms with Crippen molar-refractivity contribution >= 4 is 41.5 Å². The van der Waals surface area contributed by atoms with E-state index in [-0.39, 0.29) is 30.6 Å². The Labute approximate surface area is 168 Å². The molecule has 144 valence electrons. The van der Waals surface area contributed by atoms with E-state index in [4.69, 9.17) is 11.6 Å². The molecular formula is C16H24ClF3IN3O. The Hall–Kier alpha value is -0.740. The first kappa shape index (κ1) is 24.3. The lowest BCUT2D eigenvalue weighted by molar-refractivity contribution is -0.173. The number of nitrogens with one attached hydrogen (secondary N) is 2. The second kappa shape index (κ2) is 13.5. The minimum atomic E-state index is -4.28. The molecule has 0 saturated heterocycles. The van der Waals surface area contributed by atoms with Crippen LogP contribution < -0.4 is 10.6 Å². The van der Waals surface area contributed by atoms with Crippen LogP contribution in [-0.2, 0) is 11.2 Å². The fourth-order valence-electron chi connectivity index (χ4n) is 1.90. The lowest BCUT2D eigenvalue weighted by atomic mass is 10.1. The maximum atomic E-state index is 11.9. The summed E-state index contributed by atoms with van der Waals surface area (Å²) < 4.78 is 40.3. The van der Waals surface area contributed by atoms with Gasteiger partial charge in [0.25, 0.3) is 0 Å². The summed E-state index contributed by atoms with van der Waals surface area (Å²) in [5.41, 5.74) is 1.12. The first-order valence-corrected chi connectivity index (χ1v) is 8.19. The van der Waals surface area contributed by atoms with Crippen molar-refractivity contribution in [3.63, 3.8) is 0 Å². The Morgan fingerprint density at radius 1 is 1.28 bits per heavy atom. The quantitative estimate of drug-likeness (QED) is 0.236.